The molecule has 0 atom stereocenters. The fraction of sp³-hybridized carbons (Fsp3) is 0.500. The molecule has 0 amide bonds. The molecule has 0 aliphatic heterocycles. The van der Waals surface area contributed by atoms with Gasteiger partial charge < -0.3 is 5.11 Å². The van der Waals surface area contributed by atoms with E-state index < -0.39 is 12.8 Å². The average Bonchev–Trinajstić information content (AvgIpc) is 1.62. The molecule has 54 valence electrons. The van der Waals surface area contributed by atoms with Crippen LogP contribution >= 0.6 is 22.6 Å². The van der Waals surface area contributed by atoms with E-state index in [9.17, 15) is 13.2 Å². The van der Waals surface area contributed by atoms with E-state index in [1.54, 1.807) is 0 Å². The van der Waals surface area contributed by atoms with Crippen molar-refractivity contribution in [2.24, 2.45) is 0 Å². The van der Waals surface area contributed by atoms with Gasteiger partial charge in [-0.25, -0.2) is 0 Å². The Balaban J connectivity index is 3.95. The van der Waals surface area contributed by atoms with Crippen molar-refractivity contribution < 1.29 is 18.3 Å². The lowest BCUT2D eigenvalue weighted by Gasteiger charge is -1.98. The Bertz CT molecular complexity index is 117. The summed E-state index contributed by atoms with van der Waals surface area (Å²) < 4.78 is 33.8. The second-order valence-corrected chi connectivity index (χ2v) is 2.68. The van der Waals surface area contributed by atoms with Gasteiger partial charge in [0.1, 0.15) is 0 Å². The zero-order valence-electron chi connectivity index (χ0n) is 4.24. The molecule has 0 bridgehead atoms. The quantitative estimate of drug-likeness (QED) is 0.706. The average molecular weight is 252 g/mol. The first kappa shape index (κ1) is 9.22. The number of rotatable bonds is 1. The van der Waals surface area contributed by atoms with Crippen LogP contribution in [-0.2, 0) is 0 Å². The zero-order valence-corrected chi connectivity index (χ0v) is 6.40. The minimum Gasteiger partial charge on any atom is -0.391 e. The lowest BCUT2D eigenvalue weighted by atomic mass is 10.5. The molecule has 9 heavy (non-hydrogen) atoms. The molecule has 0 heterocycles. The second kappa shape index (κ2) is 3.40. The van der Waals surface area contributed by atoms with Crippen LogP contribution in [0.2, 0.25) is 0 Å². The standard InChI is InChI=1S/C4H4F3IO/c5-4(6,7)1-3(8)2-9/h1,9H,2H2. The number of aliphatic hydroxyl groups is 1. The van der Waals surface area contributed by atoms with Gasteiger partial charge in [-0.15, -0.1) is 0 Å². The Kier molecular flexibility index (Phi) is 3.49. The van der Waals surface area contributed by atoms with Crippen molar-refractivity contribution in [2.75, 3.05) is 6.61 Å². The van der Waals surface area contributed by atoms with Gasteiger partial charge in [0.15, 0.2) is 0 Å². The molecular formula is C4H4F3IO. The smallest absolute Gasteiger partial charge is 0.391 e. The third kappa shape index (κ3) is 6.10. The van der Waals surface area contributed by atoms with E-state index in [4.69, 9.17) is 5.11 Å². The molecule has 0 aromatic rings. The molecule has 1 nitrogen and oxygen atoms in total. The van der Waals surface area contributed by atoms with E-state index in [0.29, 0.717) is 0 Å². The number of aliphatic hydroxyl groups excluding tert-OH is 1. The van der Waals surface area contributed by atoms with Crippen LogP contribution in [0.5, 0.6) is 0 Å². The van der Waals surface area contributed by atoms with E-state index in [-0.39, 0.29) is 9.66 Å². The van der Waals surface area contributed by atoms with Gasteiger partial charge in [-0.2, -0.15) is 13.2 Å². The van der Waals surface area contributed by atoms with Crippen LogP contribution in [0, 0.1) is 0 Å². The highest BCUT2D eigenvalue weighted by atomic mass is 127. The normalized spacial score (nSPS) is 14.1. The molecule has 0 saturated heterocycles. The number of allylic oxidation sites excluding steroid dienone is 1. The van der Waals surface area contributed by atoms with Gasteiger partial charge in [-0.1, -0.05) is 0 Å². The summed E-state index contributed by atoms with van der Waals surface area (Å²) in [5.41, 5.74) is 0. The minimum atomic E-state index is -4.31. The molecular weight excluding hydrogens is 248 g/mol. The van der Waals surface area contributed by atoms with Crippen LogP contribution in [0.1, 0.15) is 0 Å². The second-order valence-electron chi connectivity index (χ2n) is 1.29. The van der Waals surface area contributed by atoms with E-state index in [0.717, 1.165) is 0 Å². The molecule has 0 aliphatic carbocycles. The largest absolute Gasteiger partial charge is 0.410 e. The Labute approximate surface area is 63.7 Å². The van der Waals surface area contributed by atoms with Gasteiger partial charge in [-0.05, 0) is 22.6 Å². The molecule has 5 heteroatoms. The highest BCUT2D eigenvalue weighted by molar-refractivity contribution is 14.1. The predicted molar refractivity (Wildman–Crippen MR) is 35.2 cm³/mol. The van der Waals surface area contributed by atoms with Crippen LogP contribution in [0.3, 0.4) is 0 Å². The third-order valence-electron chi connectivity index (χ3n) is 0.471. The van der Waals surface area contributed by atoms with Crippen molar-refractivity contribution >= 4 is 22.6 Å². The van der Waals surface area contributed by atoms with Gasteiger partial charge >= 0.3 is 6.18 Å². The monoisotopic (exact) mass is 252 g/mol. The summed E-state index contributed by atoms with van der Waals surface area (Å²) in [4.78, 5) is 0. The summed E-state index contributed by atoms with van der Waals surface area (Å²) >= 11 is 1.42. The highest BCUT2D eigenvalue weighted by Crippen LogP contribution is 2.20. The molecule has 0 aromatic heterocycles. The van der Waals surface area contributed by atoms with E-state index >= 15 is 0 Å². The highest BCUT2D eigenvalue weighted by Gasteiger charge is 2.23. The number of hydrogen-bond acceptors (Lipinski definition) is 1. The minimum absolute atomic E-state index is 0.0631. The molecule has 0 saturated carbocycles. The fourth-order valence-corrected chi connectivity index (χ4v) is 0.576. The van der Waals surface area contributed by atoms with Crippen molar-refractivity contribution in [3.63, 3.8) is 0 Å². The summed E-state index contributed by atoms with van der Waals surface area (Å²) in [6.07, 6.45) is -4.24. The maximum absolute atomic E-state index is 11.3. The molecule has 0 aromatic carbocycles. The number of hydrogen-bond donors (Lipinski definition) is 1. The molecule has 0 unspecified atom stereocenters. The van der Waals surface area contributed by atoms with Crippen LogP contribution in [0.15, 0.2) is 9.66 Å². The van der Waals surface area contributed by atoms with Crippen molar-refractivity contribution in [1.29, 1.82) is 0 Å². The number of alkyl halides is 3. The van der Waals surface area contributed by atoms with Gasteiger partial charge in [0.05, 0.1) is 6.61 Å². The summed E-state index contributed by atoms with van der Waals surface area (Å²) in [7, 11) is 0. The predicted octanol–water partition coefficient (Wildman–Crippen LogP) is 1.86. The lowest BCUT2D eigenvalue weighted by Crippen LogP contribution is -2.02. The Hall–Kier alpha value is 0.220. The van der Waals surface area contributed by atoms with E-state index in [1.165, 1.54) is 22.6 Å². The van der Waals surface area contributed by atoms with Gasteiger partial charge in [0.2, 0.25) is 0 Å². The van der Waals surface area contributed by atoms with Gasteiger partial charge in [0.25, 0.3) is 0 Å². The summed E-state index contributed by atoms with van der Waals surface area (Å²) in [5, 5.41) is 8.12. The SMILES string of the molecule is OCC(I)=CC(F)(F)F. The van der Waals surface area contributed by atoms with Crippen molar-refractivity contribution in [2.45, 2.75) is 6.18 Å². The van der Waals surface area contributed by atoms with Crippen molar-refractivity contribution in [3.8, 4) is 0 Å². The van der Waals surface area contributed by atoms with Crippen LogP contribution in [0.4, 0.5) is 13.2 Å². The van der Waals surface area contributed by atoms with Gasteiger partial charge in [0, 0.05) is 9.66 Å². The van der Waals surface area contributed by atoms with Crippen molar-refractivity contribution in [1.82, 2.24) is 0 Å². The Morgan fingerprint density at radius 2 is 2.00 bits per heavy atom. The molecule has 0 rings (SSSR count). The van der Waals surface area contributed by atoms with Crippen LogP contribution in [-0.4, -0.2) is 17.9 Å². The van der Waals surface area contributed by atoms with E-state index in [1.807, 2.05) is 0 Å². The lowest BCUT2D eigenvalue weighted by molar-refractivity contribution is -0.0803. The summed E-state index contributed by atoms with van der Waals surface area (Å²) in [6, 6.07) is 0. The molecule has 1 N–H and O–H groups in total. The van der Waals surface area contributed by atoms with Crippen LogP contribution < -0.4 is 0 Å². The maximum atomic E-state index is 11.3. The first-order valence-electron chi connectivity index (χ1n) is 2.00. The molecule has 0 fully saturated rings. The van der Waals surface area contributed by atoms with E-state index in [2.05, 4.69) is 0 Å². The van der Waals surface area contributed by atoms with Crippen molar-refractivity contribution in [3.05, 3.63) is 9.66 Å². The third-order valence-corrected chi connectivity index (χ3v) is 1.12. The fourth-order valence-electron chi connectivity index (χ4n) is 0.223. The summed E-state index contributed by atoms with van der Waals surface area (Å²) in [6.45, 7) is -0.555. The zero-order chi connectivity index (χ0) is 7.49. The number of halogens is 4. The molecule has 0 spiro atoms. The van der Waals surface area contributed by atoms with Crippen LogP contribution in [0.25, 0.3) is 0 Å². The Morgan fingerprint density at radius 3 is 2.11 bits per heavy atom. The summed E-state index contributed by atoms with van der Waals surface area (Å²) in [5.74, 6) is 0. The van der Waals surface area contributed by atoms with Gasteiger partial charge in [-0.3, -0.25) is 0 Å². The first-order chi connectivity index (χ1) is 3.95. The maximum Gasteiger partial charge on any atom is 0.410 e. The first-order valence-corrected chi connectivity index (χ1v) is 3.08. The molecule has 0 aliphatic rings. The Morgan fingerprint density at radius 1 is 1.56 bits per heavy atom. The molecule has 0 radical (unpaired) electrons. The topological polar surface area (TPSA) is 20.2 Å².